The molecule has 3 heteroatoms. The van der Waals surface area contributed by atoms with Crippen LogP contribution in [0.2, 0.25) is 0 Å². The van der Waals surface area contributed by atoms with Gasteiger partial charge in [-0.05, 0) is 18.9 Å². The Morgan fingerprint density at radius 3 is 2.92 bits per heavy atom. The minimum absolute atomic E-state index is 0.791. The van der Waals surface area contributed by atoms with Crippen LogP contribution in [-0.2, 0) is 6.42 Å². The van der Waals surface area contributed by atoms with Crippen LogP contribution >= 0.6 is 0 Å². The quantitative estimate of drug-likeness (QED) is 0.654. The normalized spacial score (nSPS) is 11.0. The van der Waals surface area contributed by atoms with Gasteiger partial charge < -0.3 is 10.3 Å². The van der Waals surface area contributed by atoms with Crippen molar-refractivity contribution in [2.24, 2.45) is 5.92 Å². The Morgan fingerprint density at radius 2 is 2.31 bits per heavy atom. The zero-order chi connectivity index (χ0) is 9.52. The number of rotatable bonds is 6. The maximum atomic E-state index is 3.97. The molecule has 1 aromatic rings. The van der Waals surface area contributed by atoms with Gasteiger partial charge >= 0.3 is 0 Å². The first-order valence-corrected chi connectivity index (χ1v) is 4.97. The summed E-state index contributed by atoms with van der Waals surface area (Å²) in [6.45, 7) is 6.65. The molecule has 0 atom stereocenters. The summed E-state index contributed by atoms with van der Waals surface area (Å²) in [5, 5.41) is 3.41. The van der Waals surface area contributed by atoms with Crippen LogP contribution in [0.1, 0.15) is 26.0 Å². The molecular weight excluding hydrogens is 162 g/mol. The van der Waals surface area contributed by atoms with Crippen LogP contribution in [0.4, 0.5) is 0 Å². The molecule has 0 bridgehead atoms. The fourth-order valence-corrected chi connectivity index (χ4v) is 1.16. The average molecular weight is 181 g/mol. The summed E-state index contributed by atoms with van der Waals surface area (Å²) in [6, 6.07) is 0. The Bertz CT molecular complexity index is 204. The second-order valence-corrected chi connectivity index (χ2v) is 3.76. The Morgan fingerprint density at radius 1 is 1.46 bits per heavy atom. The first-order chi connectivity index (χ1) is 6.29. The minimum Gasteiger partial charge on any atom is -0.348 e. The van der Waals surface area contributed by atoms with E-state index in [9.17, 15) is 0 Å². The van der Waals surface area contributed by atoms with E-state index < -0.39 is 0 Å². The molecule has 74 valence electrons. The van der Waals surface area contributed by atoms with Crippen molar-refractivity contribution in [2.45, 2.75) is 26.7 Å². The van der Waals surface area contributed by atoms with Gasteiger partial charge in [-0.1, -0.05) is 13.8 Å². The minimum atomic E-state index is 0.791. The lowest BCUT2D eigenvalue weighted by molar-refractivity contribution is 0.538. The van der Waals surface area contributed by atoms with E-state index in [1.165, 1.54) is 12.1 Å². The van der Waals surface area contributed by atoms with Crippen LogP contribution in [0.3, 0.4) is 0 Å². The predicted octanol–water partition coefficient (Wildman–Crippen LogP) is 1.59. The number of imidazole rings is 1. The van der Waals surface area contributed by atoms with Gasteiger partial charge in [-0.2, -0.15) is 0 Å². The zero-order valence-electron chi connectivity index (χ0n) is 8.51. The number of aromatic nitrogens is 2. The third-order valence-electron chi connectivity index (χ3n) is 2.02. The molecule has 0 fully saturated rings. The van der Waals surface area contributed by atoms with E-state index in [0.29, 0.717) is 0 Å². The lowest BCUT2D eigenvalue weighted by Gasteiger charge is -2.05. The molecule has 0 aliphatic carbocycles. The monoisotopic (exact) mass is 181 g/mol. The van der Waals surface area contributed by atoms with Gasteiger partial charge in [0.25, 0.3) is 0 Å². The van der Waals surface area contributed by atoms with Crippen molar-refractivity contribution in [3.63, 3.8) is 0 Å². The van der Waals surface area contributed by atoms with E-state index in [2.05, 4.69) is 29.1 Å². The van der Waals surface area contributed by atoms with Crippen molar-refractivity contribution in [3.05, 3.63) is 18.2 Å². The van der Waals surface area contributed by atoms with Crippen molar-refractivity contribution in [2.75, 3.05) is 13.1 Å². The summed E-state index contributed by atoms with van der Waals surface area (Å²) < 4.78 is 0. The van der Waals surface area contributed by atoms with E-state index in [4.69, 9.17) is 0 Å². The van der Waals surface area contributed by atoms with Gasteiger partial charge in [0, 0.05) is 24.9 Å². The molecule has 1 heterocycles. The molecule has 0 unspecified atom stereocenters. The standard InChI is InChI=1S/C10H19N3/c1-9(2)3-5-11-6-4-10-7-12-8-13-10/h7-9,11H,3-6H2,1-2H3,(H,12,13). The smallest absolute Gasteiger partial charge is 0.0921 e. The number of nitrogens with zero attached hydrogens (tertiary/aromatic N) is 1. The number of hydrogen-bond acceptors (Lipinski definition) is 2. The van der Waals surface area contributed by atoms with Gasteiger partial charge in [-0.15, -0.1) is 0 Å². The molecule has 3 nitrogen and oxygen atoms in total. The summed E-state index contributed by atoms with van der Waals surface area (Å²) in [6.07, 6.45) is 5.90. The molecular formula is C10H19N3. The fraction of sp³-hybridized carbons (Fsp3) is 0.700. The lowest BCUT2D eigenvalue weighted by Crippen LogP contribution is -2.19. The van der Waals surface area contributed by atoms with Crippen molar-refractivity contribution >= 4 is 0 Å². The Balaban J connectivity index is 1.96. The SMILES string of the molecule is CC(C)CCNCCc1cnc[nH]1. The van der Waals surface area contributed by atoms with Gasteiger partial charge in [0.15, 0.2) is 0 Å². The van der Waals surface area contributed by atoms with Gasteiger partial charge in [-0.25, -0.2) is 4.98 Å². The molecule has 0 saturated heterocycles. The molecule has 0 amide bonds. The lowest BCUT2D eigenvalue weighted by atomic mass is 10.1. The topological polar surface area (TPSA) is 40.7 Å². The maximum absolute atomic E-state index is 3.97. The first-order valence-electron chi connectivity index (χ1n) is 4.97. The molecule has 0 saturated carbocycles. The number of hydrogen-bond donors (Lipinski definition) is 2. The van der Waals surface area contributed by atoms with Crippen molar-refractivity contribution in [1.82, 2.24) is 15.3 Å². The number of aromatic amines is 1. The molecule has 2 N–H and O–H groups in total. The highest BCUT2D eigenvalue weighted by atomic mass is 14.9. The highest BCUT2D eigenvalue weighted by Gasteiger charge is 1.94. The van der Waals surface area contributed by atoms with E-state index in [0.717, 1.165) is 25.4 Å². The number of nitrogens with one attached hydrogen (secondary N) is 2. The third kappa shape index (κ3) is 4.68. The summed E-state index contributed by atoms with van der Waals surface area (Å²) >= 11 is 0. The molecule has 0 aromatic carbocycles. The van der Waals surface area contributed by atoms with Crippen molar-refractivity contribution in [3.8, 4) is 0 Å². The Kier molecular flexibility index (Phi) is 4.54. The van der Waals surface area contributed by atoms with Gasteiger partial charge in [0.1, 0.15) is 0 Å². The average Bonchev–Trinajstić information content (AvgIpc) is 2.55. The van der Waals surface area contributed by atoms with Gasteiger partial charge in [-0.3, -0.25) is 0 Å². The third-order valence-corrected chi connectivity index (χ3v) is 2.02. The molecule has 0 spiro atoms. The second kappa shape index (κ2) is 5.75. The maximum Gasteiger partial charge on any atom is 0.0921 e. The largest absolute Gasteiger partial charge is 0.348 e. The Labute approximate surface area is 80.0 Å². The van der Waals surface area contributed by atoms with E-state index in [1.54, 1.807) is 6.33 Å². The van der Waals surface area contributed by atoms with E-state index in [-0.39, 0.29) is 0 Å². The van der Waals surface area contributed by atoms with Crippen LogP contribution in [0.15, 0.2) is 12.5 Å². The molecule has 0 radical (unpaired) electrons. The molecule has 0 aliphatic heterocycles. The number of H-pyrrole nitrogens is 1. The van der Waals surface area contributed by atoms with Crippen LogP contribution in [0.5, 0.6) is 0 Å². The molecule has 1 rings (SSSR count). The second-order valence-electron chi connectivity index (χ2n) is 3.76. The van der Waals surface area contributed by atoms with Crippen molar-refractivity contribution < 1.29 is 0 Å². The highest BCUT2D eigenvalue weighted by molar-refractivity contribution is 4.94. The molecule has 0 aliphatic rings. The van der Waals surface area contributed by atoms with E-state index in [1.807, 2.05) is 6.20 Å². The first kappa shape index (κ1) is 10.3. The van der Waals surface area contributed by atoms with Gasteiger partial charge in [0.05, 0.1) is 6.33 Å². The van der Waals surface area contributed by atoms with Crippen molar-refractivity contribution in [1.29, 1.82) is 0 Å². The van der Waals surface area contributed by atoms with Gasteiger partial charge in [0.2, 0.25) is 0 Å². The van der Waals surface area contributed by atoms with Crippen LogP contribution in [0, 0.1) is 5.92 Å². The van der Waals surface area contributed by atoms with Crippen LogP contribution in [-0.4, -0.2) is 23.1 Å². The summed E-state index contributed by atoms with van der Waals surface area (Å²) in [7, 11) is 0. The van der Waals surface area contributed by atoms with Crippen LogP contribution in [0.25, 0.3) is 0 Å². The van der Waals surface area contributed by atoms with Crippen LogP contribution < -0.4 is 5.32 Å². The fourth-order valence-electron chi connectivity index (χ4n) is 1.16. The molecule has 13 heavy (non-hydrogen) atoms. The predicted molar refractivity (Wildman–Crippen MR) is 54.6 cm³/mol. The zero-order valence-corrected chi connectivity index (χ0v) is 8.51. The summed E-state index contributed by atoms with van der Waals surface area (Å²) in [4.78, 5) is 7.05. The Hall–Kier alpha value is -0.830. The molecule has 1 aromatic heterocycles. The highest BCUT2D eigenvalue weighted by Crippen LogP contribution is 1.96. The van der Waals surface area contributed by atoms with E-state index >= 15 is 0 Å². The summed E-state index contributed by atoms with van der Waals surface area (Å²) in [5.74, 6) is 0.791. The summed E-state index contributed by atoms with van der Waals surface area (Å²) in [5.41, 5.74) is 1.21.